The first-order chi connectivity index (χ1) is 6.80. The Morgan fingerprint density at radius 2 is 2.00 bits per heavy atom. The van der Waals surface area contributed by atoms with Gasteiger partial charge in [-0.1, -0.05) is 0 Å². The zero-order chi connectivity index (χ0) is 11.3. The van der Waals surface area contributed by atoms with E-state index >= 15 is 0 Å². The molecule has 1 N–H and O–H groups in total. The predicted octanol–water partition coefficient (Wildman–Crippen LogP) is 1.11. The van der Waals surface area contributed by atoms with E-state index in [1.807, 2.05) is 0 Å². The summed E-state index contributed by atoms with van der Waals surface area (Å²) in [7, 11) is 0. The summed E-state index contributed by atoms with van der Waals surface area (Å²) in [5, 5.41) is 3.40. The molecular formula is C11H22N2OS. The van der Waals surface area contributed by atoms with Crippen LogP contribution >= 0.6 is 12.6 Å². The maximum Gasteiger partial charge on any atom is 0.108 e. The summed E-state index contributed by atoms with van der Waals surface area (Å²) >= 11 is 4.92. The number of nitrogens with one attached hydrogen (secondary N) is 1. The number of hydrogen-bond donors (Lipinski definition) is 2. The minimum Gasteiger partial charge on any atom is -0.370 e. The summed E-state index contributed by atoms with van der Waals surface area (Å²) in [6.45, 7) is 12.5. The van der Waals surface area contributed by atoms with Gasteiger partial charge in [0.25, 0.3) is 0 Å². The van der Waals surface area contributed by atoms with Crippen molar-refractivity contribution in [2.75, 3.05) is 26.2 Å². The quantitative estimate of drug-likeness (QED) is 0.610. The maximum absolute atomic E-state index is 5.94. The first-order valence-electron chi connectivity index (χ1n) is 5.64. The van der Waals surface area contributed by atoms with Crippen LogP contribution in [0.3, 0.4) is 0 Å². The minimum atomic E-state index is -0.177. The van der Waals surface area contributed by atoms with Crippen molar-refractivity contribution in [3.05, 3.63) is 0 Å². The van der Waals surface area contributed by atoms with Gasteiger partial charge in [-0.2, -0.15) is 12.6 Å². The van der Waals surface area contributed by atoms with Crippen LogP contribution in [0.1, 0.15) is 27.7 Å². The molecule has 0 amide bonds. The standard InChI is InChI=1S/C11H22N2OS/c1-9(2,3)13-5-6-14-10(4)7-12-8-11(10,13)15/h12,15H,5-8H2,1-4H3/t10?,11-/m0/s1. The van der Waals surface area contributed by atoms with Crippen LogP contribution in [0.2, 0.25) is 0 Å². The van der Waals surface area contributed by atoms with Crippen LogP contribution in [-0.4, -0.2) is 47.2 Å². The van der Waals surface area contributed by atoms with E-state index in [0.717, 1.165) is 26.2 Å². The van der Waals surface area contributed by atoms with Crippen molar-refractivity contribution in [1.29, 1.82) is 0 Å². The van der Waals surface area contributed by atoms with E-state index in [0.29, 0.717) is 0 Å². The highest BCUT2D eigenvalue weighted by atomic mass is 32.1. The third-order valence-corrected chi connectivity index (χ3v) is 4.55. The third kappa shape index (κ3) is 1.62. The summed E-state index contributed by atoms with van der Waals surface area (Å²) < 4.78 is 5.94. The molecule has 2 aliphatic rings. The van der Waals surface area contributed by atoms with Crippen molar-refractivity contribution >= 4 is 12.6 Å². The van der Waals surface area contributed by atoms with Crippen LogP contribution in [0, 0.1) is 0 Å². The number of fused-ring (bicyclic) bond motifs is 1. The number of rotatable bonds is 0. The highest BCUT2D eigenvalue weighted by Gasteiger charge is 2.58. The molecule has 0 saturated carbocycles. The molecule has 4 heteroatoms. The third-order valence-electron chi connectivity index (χ3n) is 3.67. The fraction of sp³-hybridized carbons (Fsp3) is 1.00. The van der Waals surface area contributed by atoms with Crippen LogP contribution < -0.4 is 5.32 Å². The SMILES string of the molecule is CC(C)(C)N1CCOC2(C)CNC[C@@]12S. The molecule has 0 aromatic carbocycles. The Labute approximate surface area is 98.0 Å². The minimum absolute atomic E-state index is 0.138. The first kappa shape index (κ1) is 11.7. The largest absolute Gasteiger partial charge is 0.370 e. The molecule has 0 aromatic heterocycles. The van der Waals surface area contributed by atoms with Gasteiger partial charge in [-0.25, -0.2) is 0 Å². The lowest BCUT2D eigenvalue weighted by molar-refractivity contribution is -0.149. The van der Waals surface area contributed by atoms with E-state index in [1.165, 1.54) is 0 Å². The molecule has 0 spiro atoms. The Morgan fingerprint density at radius 1 is 1.33 bits per heavy atom. The molecule has 2 saturated heterocycles. The zero-order valence-corrected chi connectivity index (χ0v) is 11.0. The highest BCUT2D eigenvalue weighted by Crippen LogP contribution is 2.44. The van der Waals surface area contributed by atoms with Crippen molar-refractivity contribution in [2.45, 2.75) is 43.7 Å². The lowest BCUT2D eigenvalue weighted by Gasteiger charge is -2.55. The van der Waals surface area contributed by atoms with Gasteiger partial charge >= 0.3 is 0 Å². The molecule has 2 rings (SSSR count). The topological polar surface area (TPSA) is 24.5 Å². The van der Waals surface area contributed by atoms with Gasteiger partial charge in [-0.3, -0.25) is 4.90 Å². The fourth-order valence-corrected chi connectivity index (χ4v) is 3.44. The number of ether oxygens (including phenoxy) is 1. The lowest BCUT2D eigenvalue weighted by atomic mass is 9.91. The van der Waals surface area contributed by atoms with Gasteiger partial charge in [-0.15, -0.1) is 0 Å². The molecule has 0 bridgehead atoms. The Hall–Kier alpha value is 0.230. The molecule has 2 fully saturated rings. The van der Waals surface area contributed by atoms with Crippen molar-refractivity contribution in [1.82, 2.24) is 10.2 Å². The molecule has 1 unspecified atom stereocenters. The Morgan fingerprint density at radius 3 is 2.60 bits per heavy atom. The second kappa shape index (κ2) is 3.36. The van der Waals surface area contributed by atoms with E-state index in [1.54, 1.807) is 0 Å². The van der Waals surface area contributed by atoms with E-state index in [9.17, 15) is 0 Å². The van der Waals surface area contributed by atoms with Gasteiger partial charge in [0.15, 0.2) is 0 Å². The van der Waals surface area contributed by atoms with Gasteiger partial charge in [0, 0.05) is 25.2 Å². The number of hydrogen-bond acceptors (Lipinski definition) is 4. The fourth-order valence-electron chi connectivity index (χ4n) is 2.79. The number of thiol groups is 1. The van der Waals surface area contributed by atoms with Crippen LogP contribution in [0.4, 0.5) is 0 Å². The smallest absolute Gasteiger partial charge is 0.108 e. The average molecular weight is 230 g/mol. The zero-order valence-electron chi connectivity index (χ0n) is 10.1. The molecule has 2 aliphatic heterocycles. The normalized spacial score (nSPS) is 43.0. The van der Waals surface area contributed by atoms with Crippen LogP contribution in [0.25, 0.3) is 0 Å². The monoisotopic (exact) mass is 230 g/mol. The van der Waals surface area contributed by atoms with Crippen LogP contribution in [0.5, 0.6) is 0 Å². The Kier molecular flexibility index (Phi) is 2.62. The average Bonchev–Trinajstić information content (AvgIpc) is 2.38. The van der Waals surface area contributed by atoms with E-state index in [-0.39, 0.29) is 16.0 Å². The molecule has 88 valence electrons. The molecule has 0 aromatic rings. The van der Waals surface area contributed by atoms with Gasteiger partial charge in [-0.05, 0) is 27.7 Å². The van der Waals surface area contributed by atoms with Crippen molar-refractivity contribution in [2.24, 2.45) is 0 Å². The lowest BCUT2D eigenvalue weighted by Crippen LogP contribution is -2.69. The van der Waals surface area contributed by atoms with E-state index < -0.39 is 0 Å². The Bertz CT molecular complexity index is 266. The summed E-state index contributed by atoms with van der Waals surface area (Å²) in [6, 6.07) is 0. The predicted molar refractivity (Wildman–Crippen MR) is 65.4 cm³/mol. The van der Waals surface area contributed by atoms with E-state index in [4.69, 9.17) is 17.4 Å². The van der Waals surface area contributed by atoms with Crippen molar-refractivity contribution < 1.29 is 4.74 Å². The van der Waals surface area contributed by atoms with Gasteiger partial charge in [0.2, 0.25) is 0 Å². The molecular weight excluding hydrogens is 208 g/mol. The number of morpholine rings is 1. The van der Waals surface area contributed by atoms with E-state index in [2.05, 4.69) is 37.9 Å². The number of nitrogens with zero attached hydrogens (tertiary/aromatic N) is 1. The van der Waals surface area contributed by atoms with Crippen molar-refractivity contribution in [3.63, 3.8) is 0 Å². The molecule has 2 heterocycles. The first-order valence-corrected chi connectivity index (χ1v) is 6.09. The van der Waals surface area contributed by atoms with Gasteiger partial charge in [0.05, 0.1) is 6.61 Å². The highest BCUT2D eigenvalue weighted by molar-refractivity contribution is 7.81. The summed E-state index contributed by atoms with van der Waals surface area (Å²) in [5.41, 5.74) is -0.0273. The second-order valence-electron chi connectivity index (χ2n) is 5.82. The molecule has 15 heavy (non-hydrogen) atoms. The van der Waals surface area contributed by atoms with Crippen LogP contribution in [-0.2, 0) is 4.74 Å². The van der Waals surface area contributed by atoms with Gasteiger partial charge < -0.3 is 10.1 Å². The summed E-state index contributed by atoms with van der Waals surface area (Å²) in [6.07, 6.45) is 0. The molecule has 2 atom stereocenters. The second-order valence-corrected chi connectivity index (χ2v) is 6.56. The van der Waals surface area contributed by atoms with Crippen molar-refractivity contribution in [3.8, 4) is 0 Å². The molecule has 0 radical (unpaired) electrons. The summed E-state index contributed by atoms with van der Waals surface area (Å²) in [5.74, 6) is 0. The van der Waals surface area contributed by atoms with Crippen LogP contribution in [0.15, 0.2) is 0 Å². The maximum atomic E-state index is 5.94. The Balaban J connectivity index is 2.34. The summed E-state index contributed by atoms with van der Waals surface area (Å²) in [4.78, 5) is 2.29. The molecule has 3 nitrogen and oxygen atoms in total. The van der Waals surface area contributed by atoms with Gasteiger partial charge in [0.1, 0.15) is 10.5 Å². The molecule has 0 aliphatic carbocycles.